The zero-order valence-corrected chi connectivity index (χ0v) is 9.93. The average molecular weight is 222 g/mol. The Bertz CT molecular complexity index is 306. The van der Waals surface area contributed by atoms with Gasteiger partial charge in [-0.1, -0.05) is 19.3 Å². The first-order valence-electron chi connectivity index (χ1n) is 5.96. The van der Waals surface area contributed by atoms with Crippen LogP contribution in [0.3, 0.4) is 0 Å². The molecule has 1 saturated heterocycles. The van der Waals surface area contributed by atoms with Gasteiger partial charge in [0.1, 0.15) is 0 Å². The molecule has 1 saturated carbocycles. The van der Waals surface area contributed by atoms with Crippen LogP contribution in [0.25, 0.3) is 0 Å². The molecule has 0 amide bonds. The highest BCUT2D eigenvalue weighted by Gasteiger charge is 2.42. The zero-order chi connectivity index (χ0) is 10.1. The zero-order valence-electron chi connectivity index (χ0n) is 9.11. The normalized spacial score (nSPS) is 25.3. The van der Waals surface area contributed by atoms with Crippen LogP contribution in [0.4, 0.5) is 0 Å². The van der Waals surface area contributed by atoms with Crippen molar-refractivity contribution in [3.63, 3.8) is 0 Å². The number of likely N-dealkylation sites (tertiary alicyclic amines) is 1. The van der Waals surface area contributed by atoms with E-state index in [2.05, 4.69) is 15.3 Å². The van der Waals surface area contributed by atoms with Crippen LogP contribution in [0.5, 0.6) is 0 Å². The summed E-state index contributed by atoms with van der Waals surface area (Å²) in [5.74, 6) is 0. The molecule has 2 fully saturated rings. The van der Waals surface area contributed by atoms with Crippen LogP contribution < -0.4 is 0 Å². The summed E-state index contributed by atoms with van der Waals surface area (Å²) in [4.78, 5) is 6.90. The summed E-state index contributed by atoms with van der Waals surface area (Å²) >= 11 is 1.71. The molecule has 0 atom stereocenters. The van der Waals surface area contributed by atoms with Crippen molar-refractivity contribution >= 4 is 11.3 Å². The van der Waals surface area contributed by atoms with Crippen LogP contribution in [-0.4, -0.2) is 23.0 Å². The van der Waals surface area contributed by atoms with Crippen molar-refractivity contribution in [2.24, 2.45) is 5.41 Å². The van der Waals surface area contributed by atoms with Crippen molar-refractivity contribution in [3.8, 4) is 0 Å². The molecular formula is C12H18N2S. The molecule has 1 spiro atoms. The van der Waals surface area contributed by atoms with E-state index < -0.39 is 0 Å². The third-order valence-electron chi connectivity index (χ3n) is 3.90. The Labute approximate surface area is 95.3 Å². The lowest BCUT2D eigenvalue weighted by Crippen LogP contribution is -2.56. The molecule has 3 heteroatoms. The Balaban J connectivity index is 1.53. The van der Waals surface area contributed by atoms with Gasteiger partial charge in [-0.3, -0.25) is 4.90 Å². The lowest BCUT2D eigenvalue weighted by molar-refractivity contribution is -0.0338. The molecule has 0 unspecified atom stereocenters. The minimum Gasteiger partial charge on any atom is -0.296 e. The van der Waals surface area contributed by atoms with Gasteiger partial charge < -0.3 is 0 Å². The molecule has 15 heavy (non-hydrogen) atoms. The van der Waals surface area contributed by atoms with Gasteiger partial charge >= 0.3 is 0 Å². The maximum absolute atomic E-state index is 4.35. The van der Waals surface area contributed by atoms with Gasteiger partial charge in [0.15, 0.2) is 0 Å². The summed E-state index contributed by atoms with van der Waals surface area (Å²) in [5, 5.41) is 2.17. The van der Waals surface area contributed by atoms with Crippen molar-refractivity contribution in [2.45, 2.75) is 38.6 Å². The van der Waals surface area contributed by atoms with E-state index in [4.69, 9.17) is 0 Å². The second-order valence-electron chi connectivity index (χ2n) is 5.19. The van der Waals surface area contributed by atoms with Crippen LogP contribution >= 0.6 is 11.3 Å². The Kier molecular flexibility index (Phi) is 2.53. The topological polar surface area (TPSA) is 16.1 Å². The number of thiazole rings is 1. The highest BCUT2D eigenvalue weighted by Crippen LogP contribution is 2.44. The lowest BCUT2D eigenvalue weighted by atomic mass is 9.68. The Morgan fingerprint density at radius 2 is 2.07 bits per heavy atom. The van der Waals surface area contributed by atoms with Gasteiger partial charge in [-0.25, -0.2) is 4.98 Å². The van der Waals surface area contributed by atoms with Gasteiger partial charge in [-0.15, -0.1) is 11.3 Å². The first-order chi connectivity index (χ1) is 7.36. The van der Waals surface area contributed by atoms with Crippen molar-refractivity contribution in [3.05, 3.63) is 16.6 Å². The Morgan fingerprint density at radius 3 is 2.73 bits per heavy atom. The third kappa shape index (κ3) is 1.95. The molecule has 0 radical (unpaired) electrons. The molecular weight excluding hydrogens is 204 g/mol. The molecule has 82 valence electrons. The summed E-state index contributed by atoms with van der Waals surface area (Å²) in [6.45, 7) is 3.72. The molecule has 0 aromatic carbocycles. The Morgan fingerprint density at radius 1 is 1.27 bits per heavy atom. The molecule has 0 bridgehead atoms. The predicted octanol–water partition coefficient (Wildman–Crippen LogP) is 2.91. The van der Waals surface area contributed by atoms with E-state index in [-0.39, 0.29) is 0 Å². The van der Waals surface area contributed by atoms with E-state index in [9.17, 15) is 0 Å². The summed E-state index contributed by atoms with van der Waals surface area (Å²) in [6.07, 6.45) is 7.34. The fourth-order valence-corrected chi connectivity index (χ4v) is 3.73. The molecule has 0 N–H and O–H groups in total. The summed E-state index contributed by atoms with van der Waals surface area (Å²) in [5.41, 5.74) is 3.91. The van der Waals surface area contributed by atoms with Crippen molar-refractivity contribution in [1.29, 1.82) is 0 Å². The van der Waals surface area contributed by atoms with E-state index in [1.165, 1.54) is 50.9 Å². The number of aromatic nitrogens is 1. The van der Waals surface area contributed by atoms with E-state index >= 15 is 0 Å². The van der Waals surface area contributed by atoms with Gasteiger partial charge in [-0.2, -0.15) is 0 Å². The maximum atomic E-state index is 4.35. The smallest absolute Gasteiger partial charge is 0.0795 e. The monoisotopic (exact) mass is 222 g/mol. The number of hydrogen-bond acceptors (Lipinski definition) is 3. The van der Waals surface area contributed by atoms with Crippen molar-refractivity contribution in [2.75, 3.05) is 13.1 Å². The van der Waals surface area contributed by atoms with Crippen LogP contribution in [0.2, 0.25) is 0 Å². The highest BCUT2D eigenvalue weighted by molar-refractivity contribution is 7.07. The van der Waals surface area contributed by atoms with E-state index in [0.717, 1.165) is 6.54 Å². The van der Waals surface area contributed by atoms with Crippen LogP contribution in [0, 0.1) is 5.41 Å². The number of nitrogens with zero attached hydrogens (tertiary/aromatic N) is 2. The highest BCUT2D eigenvalue weighted by atomic mass is 32.1. The first-order valence-corrected chi connectivity index (χ1v) is 6.90. The molecule has 2 aliphatic rings. The number of hydrogen-bond donors (Lipinski definition) is 0. The van der Waals surface area contributed by atoms with Gasteiger partial charge in [0.2, 0.25) is 0 Å². The van der Waals surface area contributed by atoms with Crippen molar-refractivity contribution < 1.29 is 0 Å². The summed E-state index contributed by atoms with van der Waals surface area (Å²) < 4.78 is 0. The van der Waals surface area contributed by atoms with Gasteiger partial charge in [0.05, 0.1) is 11.2 Å². The third-order valence-corrected chi connectivity index (χ3v) is 4.54. The maximum Gasteiger partial charge on any atom is 0.0795 e. The molecule has 2 heterocycles. The predicted molar refractivity (Wildman–Crippen MR) is 62.9 cm³/mol. The fraction of sp³-hybridized carbons (Fsp3) is 0.750. The minimum atomic E-state index is 0.717. The SMILES string of the molecule is c1nc(CN2CC3(CCCCC3)C2)cs1. The number of rotatable bonds is 2. The van der Waals surface area contributed by atoms with E-state index in [1.807, 2.05) is 5.51 Å². The van der Waals surface area contributed by atoms with Gasteiger partial charge in [0, 0.05) is 25.0 Å². The second kappa shape index (κ2) is 3.87. The van der Waals surface area contributed by atoms with Crippen LogP contribution in [0.15, 0.2) is 10.9 Å². The molecule has 2 nitrogen and oxygen atoms in total. The van der Waals surface area contributed by atoms with Crippen molar-refractivity contribution in [1.82, 2.24) is 9.88 Å². The largest absolute Gasteiger partial charge is 0.296 e. The van der Waals surface area contributed by atoms with Gasteiger partial charge in [-0.05, 0) is 18.3 Å². The van der Waals surface area contributed by atoms with Gasteiger partial charge in [0.25, 0.3) is 0 Å². The molecule has 1 aliphatic carbocycles. The molecule has 1 aromatic heterocycles. The van der Waals surface area contributed by atoms with Crippen LogP contribution in [-0.2, 0) is 6.54 Å². The standard InChI is InChI=1S/C12H18N2S/c1-2-4-12(5-3-1)8-14(9-12)6-11-7-15-10-13-11/h7,10H,1-6,8-9H2. The Hall–Kier alpha value is -0.410. The van der Waals surface area contributed by atoms with E-state index in [1.54, 1.807) is 11.3 Å². The second-order valence-corrected chi connectivity index (χ2v) is 5.90. The first kappa shape index (κ1) is 9.79. The summed E-state index contributed by atoms with van der Waals surface area (Å²) in [7, 11) is 0. The minimum absolute atomic E-state index is 0.717. The summed E-state index contributed by atoms with van der Waals surface area (Å²) in [6, 6.07) is 0. The quantitative estimate of drug-likeness (QED) is 0.765. The molecule has 3 rings (SSSR count). The van der Waals surface area contributed by atoms with Crippen LogP contribution in [0.1, 0.15) is 37.8 Å². The average Bonchev–Trinajstić information content (AvgIpc) is 2.70. The lowest BCUT2D eigenvalue weighted by Gasteiger charge is -2.52. The fourth-order valence-electron chi connectivity index (χ4n) is 3.18. The molecule has 1 aromatic rings. The van der Waals surface area contributed by atoms with E-state index in [0.29, 0.717) is 5.41 Å². The molecule has 1 aliphatic heterocycles.